The summed E-state index contributed by atoms with van der Waals surface area (Å²) < 4.78 is 25.5. The fourth-order valence-corrected chi connectivity index (χ4v) is 2.70. The van der Waals surface area contributed by atoms with Crippen LogP contribution in [0.1, 0.15) is 33.6 Å². The minimum absolute atomic E-state index is 0.172. The topological polar surface area (TPSA) is 21.7 Å². The zero-order chi connectivity index (χ0) is 14.8. The third-order valence-electron chi connectivity index (χ3n) is 3.58. The van der Waals surface area contributed by atoms with E-state index in [1.807, 2.05) is 32.9 Å². The molecule has 1 heterocycles. The second kappa shape index (κ2) is 5.70. The number of para-hydroxylation sites is 1. The van der Waals surface area contributed by atoms with E-state index in [4.69, 9.17) is 9.47 Å². The maximum absolute atomic E-state index is 13.8. The molecule has 1 saturated heterocycles. The molecule has 4 heteroatoms. The van der Waals surface area contributed by atoms with E-state index >= 15 is 0 Å². The van der Waals surface area contributed by atoms with E-state index < -0.39 is 5.79 Å². The van der Waals surface area contributed by atoms with Crippen LogP contribution in [-0.4, -0.2) is 31.6 Å². The molecule has 1 aliphatic rings. The molecule has 1 fully saturated rings. The Balaban J connectivity index is 2.06. The summed E-state index contributed by atoms with van der Waals surface area (Å²) in [6.07, 6.45) is 1.46. The summed E-state index contributed by atoms with van der Waals surface area (Å²) in [5, 5.41) is 0. The number of methoxy groups -OCH3 is 1. The van der Waals surface area contributed by atoms with Crippen LogP contribution in [0.25, 0.3) is 0 Å². The molecule has 3 nitrogen and oxygen atoms in total. The van der Waals surface area contributed by atoms with Crippen molar-refractivity contribution in [3.63, 3.8) is 0 Å². The normalized spacial score (nSPS) is 19.1. The third kappa shape index (κ3) is 3.49. The standard InChI is InChI=1S/C16H24FNO2/c1-15(2,3)20-16(19-4)9-11-18(12-10-16)14-8-6-5-7-13(14)17/h5-8H,9-12H2,1-4H3. The number of anilines is 1. The smallest absolute Gasteiger partial charge is 0.171 e. The minimum atomic E-state index is -0.556. The lowest BCUT2D eigenvalue weighted by atomic mass is 10.0. The molecule has 112 valence electrons. The quantitative estimate of drug-likeness (QED) is 0.790. The highest BCUT2D eigenvalue weighted by molar-refractivity contribution is 5.48. The van der Waals surface area contributed by atoms with Gasteiger partial charge in [0.1, 0.15) is 5.82 Å². The van der Waals surface area contributed by atoms with Gasteiger partial charge in [0, 0.05) is 33.0 Å². The monoisotopic (exact) mass is 281 g/mol. The highest BCUT2D eigenvalue weighted by Crippen LogP contribution is 2.34. The summed E-state index contributed by atoms with van der Waals surface area (Å²) in [5.74, 6) is -0.728. The van der Waals surface area contributed by atoms with Crippen LogP contribution in [0, 0.1) is 5.82 Å². The molecule has 0 amide bonds. The number of nitrogens with zero attached hydrogens (tertiary/aromatic N) is 1. The molecule has 0 saturated carbocycles. The number of benzene rings is 1. The summed E-state index contributed by atoms with van der Waals surface area (Å²) in [6, 6.07) is 6.89. The van der Waals surface area contributed by atoms with Crippen LogP contribution in [0.2, 0.25) is 0 Å². The molecule has 0 aliphatic carbocycles. The molecular weight excluding hydrogens is 257 g/mol. The number of ether oxygens (including phenoxy) is 2. The Labute approximate surface area is 120 Å². The van der Waals surface area contributed by atoms with Gasteiger partial charge in [0.25, 0.3) is 0 Å². The summed E-state index contributed by atoms with van der Waals surface area (Å²) in [6.45, 7) is 7.53. The lowest BCUT2D eigenvalue weighted by molar-refractivity contribution is -0.275. The Morgan fingerprint density at radius 2 is 1.75 bits per heavy atom. The lowest BCUT2D eigenvalue weighted by Crippen LogP contribution is -2.50. The zero-order valence-corrected chi connectivity index (χ0v) is 12.8. The number of hydrogen-bond donors (Lipinski definition) is 0. The Morgan fingerprint density at radius 3 is 2.25 bits per heavy atom. The van der Waals surface area contributed by atoms with Crippen molar-refractivity contribution in [1.29, 1.82) is 0 Å². The summed E-state index contributed by atoms with van der Waals surface area (Å²) in [5.41, 5.74) is 0.406. The van der Waals surface area contributed by atoms with Gasteiger partial charge in [-0.15, -0.1) is 0 Å². The molecule has 0 aromatic heterocycles. The van der Waals surface area contributed by atoms with Gasteiger partial charge < -0.3 is 14.4 Å². The number of rotatable bonds is 3. The summed E-state index contributed by atoms with van der Waals surface area (Å²) >= 11 is 0. The van der Waals surface area contributed by atoms with Crippen molar-refractivity contribution in [3.05, 3.63) is 30.1 Å². The first kappa shape index (κ1) is 15.3. The SMILES string of the molecule is COC1(OC(C)(C)C)CCN(c2ccccc2F)CC1. The van der Waals surface area contributed by atoms with E-state index in [9.17, 15) is 4.39 Å². The maximum atomic E-state index is 13.8. The van der Waals surface area contributed by atoms with Gasteiger partial charge in [-0.2, -0.15) is 0 Å². The molecule has 20 heavy (non-hydrogen) atoms. The average molecular weight is 281 g/mol. The van der Waals surface area contributed by atoms with Crippen LogP contribution >= 0.6 is 0 Å². The van der Waals surface area contributed by atoms with Crippen molar-refractivity contribution < 1.29 is 13.9 Å². The molecule has 1 aromatic carbocycles. The van der Waals surface area contributed by atoms with E-state index in [1.54, 1.807) is 13.2 Å². The summed E-state index contributed by atoms with van der Waals surface area (Å²) in [7, 11) is 1.69. The van der Waals surface area contributed by atoms with Gasteiger partial charge in [-0.05, 0) is 32.9 Å². The van der Waals surface area contributed by atoms with Crippen LogP contribution in [0.5, 0.6) is 0 Å². The van der Waals surface area contributed by atoms with Crippen LogP contribution in [0.4, 0.5) is 10.1 Å². The van der Waals surface area contributed by atoms with Crippen molar-refractivity contribution in [1.82, 2.24) is 0 Å². The average Bonchev–Trinajstić information content (AvgIpc) is 2.39. The fourth-order valence-electron chi connectivity index (χ4n) is 2.70. The lowest BCUT2D eigenvalue weighted by Gasteiger charge is -2.44. The molecule has 0 unspecified atom stereocenters. The van der Waals surface area contributed by atoms with Gasteiger partial charge in [0.05, 0.1) is 11.3 Å². The van der Waals surface area contributed by atoms with Gasteiger partial charge in [0.15, 0.2) is 5.79 Å². The molecule has 0 spiro atoms. The van der Waals surface area contributed by atoms with E-state index in [-0.39, 0.29) is 11.4 Å². The Morgan fingerprint density at radius 1 is 1.15 bits per heavy atom. The van der Waals surface area contributed by atoms with Crippen molar-refractivity contribution >= 4 is 5.69 Å². The van der Waals surface area contributed by atoms with Gasteiger partial charge in [0.2, 0.25) is 0 Å². The Bertz CT molecular complexity index is 448. The largest absolute Gasteiger partial charge is 0.369 e. The number of hydrogen-bond acceptors (Lipinski definition) is 3. The van der Waals surface area contributed by atoms with Gasteiger partial charge >= 0.3 is 0 Å². The fraction of sp³-hybridized carbons (Fsp3) is 0.625. The minimum Gasteiger partial charge on any atom is -0.369 e. The Hall–Kier alpha value is -1.13. The number of halogens is 1. The second-order valence-corrected chi connectivity index (χ2v) is 6.27. The summed E-state index contributed by atoms with van der Waals surface area (Å²) in [4.78, 5) is 2.05. The third-order valence-corrected chi connectivity index (χ3v) is 3.58. The number of piperidine rings is 1. The first-order chi connectivity index (χ1) is 9.35. The van der Waals surface area contributed by atoms with E-state index in [0.29, 0.717) is 5.69 Å². The molecule has 2 rings (SSSR count). The van der Waals surface area contributed by atoms with Crippen molar-refractivity contribution in [2.24, 2.45) is 0 Å². The molecule has 0 atom stereocenters. The van der Waals surface area contributed by atoms with Crippen molar-refractivity contribution in [3.8, 4) is 0 Å². The molecular formula is C16H24FNO2. The van der Waals surface area contributed by atoms with E-state index in [2.05, 4.69) is 4.90 Å². The molecule has 0 bridgehead atoms. The predicted molar refractivity (Wildman–Crippen MR) is 78.4 cm³/mol. The highest BCUT2D eigenvalue weighted by atomic mass is 19.1. The van der Waals surface area contributed by atoms with Crippen LogP contribution in [0.3, 0.4) is 0 Å². The maximum Gasteiger partial charge on any atom is 0.171 e. The van der Waals surface area contributed by atoms with E-state index in [0.717, 1.165) is 25.9 Å². The zero-order valence-electron chi connectivity index (χ0n) is 12.8. The molecule has 1 aromatic rings. The van der Waals surface area contributed by atoms with Crippen LogP contribution in [0.15, 0.2) is 24.3 Å². The van der Waals surface area contributed by atoms with Crippen molar-refractivity contribution in [2.45, 2.75) is 45.0 Å². The van der Waals surface area contributed by atoms with E-state index in [1.165, 1.54) is 6.07 Å². The first-order valence-electron chi connectivity index (χ1n) is 7.10. The van der Waals surface area contributed by atoms with Gasteiger partial charge in [-0.25, -0.2) is 4.39 Å². The molecule has 0 N–H and O–H groups in total. The highest BCUT2D eigenvalue weighted by Gasteiger charge is 2.39. The molecule has 0 radical (unpaired) electrons. The van der Waals surface area contributed by atoms with Crippen LogP contribution in [-0.2, 0) is 9.47 Å². The second-order valence-electron chi connectivity index (χ2n) is 6.27. The Kier molecular flexibility index (Phi) is 4.35. The van der Waals surface area contributed by atoms with Gasteiger partial charge in [-0.1, -0.05) is 12.1 Å². The van der Waals surface area contributed by atoms with Gasteiger partial charge in [-0.3, -0.25) is 0 Å². The first-order valence-corrected chi connectivity index (χ1v) is 7.10. The predicted octanol–water partition coefficient (Wildman–Crippen LogP) is 3.58. The van der Waals surface area contributed by atoms with Crippen molar-refractivity contribution in [2.75, 3.05) is 25.1 Å². The van der Waals surface area contributed by atoms with Crippen LogP contribution < -0.4 is 4.90 Å². The molecule has 1 aliphatic heterocycles.